The normalized spacial score (nSPS) is 32.2. The average molecular weight is 175 g/mol. The van der Waals surface area contributed by atoms with Crippen molar-refractivity contribution in [2.45, 2.75) is 32.1 Å². The molecule has 1 spiro atoms. The van der Waals surface area contributed by atoms with Crippen LogP contribution in [0.4, 0.5) is 8.78 Å². The van der Waals surface area contributed by atoms with Gasteiger partial charge >= 0.3 is 0 Å². The van der Waals surface area contributed by atoms with Gasteiger partial charge < -0.3 is 0 Å². The minimum atomic E-state index is -2.42. The van der Waals surface area contributed by atoms with Crippen molar-refractivity contribution < 1.29 is 8.78 Å². The summed E-state index contributed by atoms with van der Waals surface area (Å²) in [7, 11) is 0. The third kappa shape index (κ3) is 1.06. The van der Waals surface area contributed by atoms with Crippen LogP contribution >= 0.6 is 0 Å². The summed E-state index contributed by atoms with van der Waals surface area (Å²) < 4.78 is 26.9. The van der Waals surface area contributed by atoms with Gasteiger partial charge in [0, 0.05) is 5.41 Å². The third-order valence-corrected chi connectivity index (χ3v) is 3.41. The highest BCUT2D eigenvalue weighted by Gasteiger charge is 2.63. The molecule has 0 atom stereocenters. The van der Waals surface area contributed by atoms with Crippen molar-refractivity contribution in [2.75, 3.05) is 19.6 Å². The molecular weight excluding hydrogens is 160 g/mol. The Hall–Kier alpha value is -0.180. The Balaban J connectivity index is 2.07. The predicted octanol–water partition coefficient (Wildman–Crippen LogP) is 2.13. The zero-order valence-electron chi connectivity index (χ0n) is 7.45. The van der Waals surface area contributed by atoms with Gasteiger partial charge in [-0.05, 0) is 32.4 Å². The van der Waals surface area contributed by atoms with Crippen molar-refractivity contribution in [3.8, 4) is 0 Å². The van der Waals surface area contributed by atoms with Gasteiger partial charge in [-0.1, -0.05) is 6.92 Å². The molecule has 1 saturated carbocycles. The van der Waals surface area contributed by atoms with E-state index in [0.717, 1.165) is 25.9 Å². The van der Waals surface area contributed by atoms with E-state index in [1.807, 2.05) is 11.8 Å². The van der Waals surface area contributed by atoms with Crippen LogP contribution in [-0.2, 0) is 0 Å². The molecule has 12 heavy (non-hydrogen) atoms. The molecule has 1 aliphatic carbocycles. The lowest BCUT2D eigenvalue weighted by Crippen LogP contribution is -2.49. The maximum Gasteiger partial charge on any atom is 0.266 e. The molecule has 2 rings (SSSR count). The Bertz CT molecular complexity index is 187. The number of hydrogen-bond acceptors (Lipinski definition) is 1. The third-order valence-electron chi connectivity index (χ3n) is 3.41. The molecule has 0 aromatic heterocycles. The largest absolute Gasteiger partial charge is 0.298 e. The summed E-state index contributed by atoms with van der Waals surface area (Å²) in [5.74, 6) is -2.42. The second-order valence-corrected chi connectivity index (χ2v) is 4.10. The first-order valence-corrected chi connectivity index (χ1v) is 4.70. The molecule has 3 heteroatoms. The molecular formula is C9H15F2N. The fourth-order valence-corrected chi connectivity index (χ4v) is 2.12. The molecule has 0 aromatic rings. The van der Waals surface area contributed by atoms with Crippen molar-refractivity contribution >= 4 is 0 Å². The van der Waals surface area contributed by atoms with Gasteiger partial charge in [0.15, 0.2) is 0 Å². The summed E-state index contributed by atoms with van der Waals surface area (Å²) in [6.45, 7) is 3.56. The van der Waals surface area contributed by atoms with Crippen LogP contribution in [0.3, 0.4) is 0 Å². The van der Waals surface area contributed by atoms with Crippen LogP contribution in [0.25, 0.3) is 0 Å². The molecule has 0 unspecified atom stereocenters. The zero-order valence-corrected chi connectivity index (χ0v) is 7.45. The van der Waals surface area contributed by atoms with E-state index in [1.54, 1.807) is 0 Å². The predicted molar refractivity (Wildman–Crippen MR) is 43.3 cm³/mol. The Morgan fingerprint density at radius 2 is 1.92 bits per heavy atom. The second-order valence-electron chi connectivity index (χ2n) is 4.10. The van der Waals surface area contributed by atoms with Gasteiger partial charge in [0.05, 0.1) is 6.54 Å². The van der Waals surface area contributed by atoms with Crippen LogP contribution in [0.2, 0.25) is 0 Å². The van der Waals surface area contributed by atoms with Crippen LogP contribution in [0.15, 0.2) is 0 Å². The molecule has 1 saturated heterocycles. The molecule has 0 bridgehead atoms. The summed E-state index contributed by atoms with van der Waals surface area (Å²) in [6.07, 6.45) is 2.20. The molecule has 1 heterocycles. The van der Waals surface area contributed by atoms with E-state index in [1.165, 1.54) is 0 Å². The highest BCUT2D eigenvalue weighted by Crippen LogP contribution is 2.61. The van der Waals surface area contributed by atoms with Crippen LogP contribution in [0, 0.1) is 5.41 Å². The van der Waals surface area contributed by atoms with Crippen LogP contribution < -0.4 is 0 Å². The van der Waals surface area contributed by atoms with Gasteiger partial charge in [0.2, 0.25) is 0 Å². The molecule has 2 aliphatic rings. The SMILES string of the molecule is CCN1CCC2(CC2)C(F)(F)C1. The van der Waals surface area contributed by atoms with Gasteiger partial charge in [0.1, 0.15) is 0 Å². The van der Waals surface area contributed by atoms with Crippen molar-refractivity contribution in [2.24, 2.45) is 5.41 Å². The maximum atomic E-state index is 13.4. The first-order chi connectivity index (χ1) is 5.60. The summed E-state index contributed by atoms with van der Waals surface area (Å²) in [6, 6.07) is 0. The number of halogens is 2. The fourth-order valence-electron chi connectivity index (χ4n) is 2.12. The summed E-state index contributed by atoms with van der Waals surface area (Å²) >= 11 is 0. The topological polar surface area (TPSA) is 3.24 Å². The highest BCUT2D eigenvalue weighted by atomic mass is 19.3. The first kappa shape index (κ1) is 8.42. The number of hydrogen-bond donors (Lipinski definition) is 0. The number of likely N-dealkylation sites (tertiary alicyclic amines) is 1. The van der Waals surface area contributed by atoms with E-state index in [0.29, 0.717) is 6.42 Å². The lowest BCUT2D eigenvalue weighted by Gasteiger charge is -2.38. The van der Waals surface area contributed by atoms with E-state index in [-0.39, 0.29) is 6.54 Å². The molecule has 1 nitrogen and oxygen atoms in total. The van der Waals surface area contributed by atoms with E-state index in [4.69, 9.17) is 0 Å². The summed E-state index contributed by atoms with van der Waals surface area (Å²) in [4.78, 5) is 1.85. The first-order valence-electron chi connectivity index (χ1n) is 4.70. The van der Waals surface area contributed by atoms with E-state index >= 15 is 0 Å². The summed E-state index contributed by atoms with van der Waals surface area (Å²) in [5, 5.41) is 0. The molecule has 0 radical (unpaired) electrons. The monoisotopic (exact) mass is 175 g/mol. The van der Waals surface area contributed by atoms with E-state index in [9.17, 15) is 8.78 Å². The quantitative estimate of drug-likeness (QED) is 0.590. The molecule has 70 valence electrons. The second kappa shape index (κ2) is 2.41. The number of alkyl halides is 2. The van der Waals surface area contributed by atoms with Crippen LogP contribution in [0.1, 0.15) is 26.2 Å². The van der Waals surface area contributed by atoms with Crippen LogP contribution in [-0.4, -0.2) is 30.5 Å². The average Bonchev–Trinajstić information content (AvgIpc) is 2.77. The molecule has 0 N–H and O–H groups in total. The van der Waals surface area contributed by atoms with E-state index in [2.05, 4.69) is 0 Å². The minimum absolute atomic E-state index is 0.0104. The lowest BCUT2D eigenvalue weighted by molar-refractivity contribution is -0.123. The molecule has 2 fully saturated rings. The fraction of sp³-hybridized carbons (Fsp3) is 1.00. The van der Waals surface area contributed by atoms with Gasteiger partial charge in [-0.15, -0.1) is 0 Å². The van der Waals surface area contributed by atoms with E-state index < -0.39 is 11.3 Å². The molecule has 0 amide bonds. The standard InChI is InChI=1S/C9H15F2N/c1-2-12-6-5-8(3-4-8)9(10,11)7-12/h2-7H2,1H3. The van der Waals surface area contributed by atoms with Gasteiger partial charge in [-0.3, -0.25) is 4.90 Å². The Labute approximate surface area is 71.7 Å². The van der Waals surface area contributed by atoms with Gasteiger partial charge in [0.25, 0.3) is 5.92 Å². The van der Waals surface area contributed by atoms with Crippen molar-refractivity contribution in [3.63, 3.8) is 0 Å². The molecule has 1 aliphatic heterocycles. The highest BCUT2D eigenvalue weighted by molar-refractivity contribution is 5.07. The Kier molecular flexibility index (Phi) is 1.69. The Morgan fingerprint density at radius 1 is 1.25 bits per heavy atom. The number of nitrogens with zero attached hydrogens (tertiary/aromatic N) is 1. The van der Waals surface area contributed by atoms with Crippen molar-refractivity contribution in [1.82, 2.24) is 4.90 Å². The number of piperidine rings is 1. The summed E-state index contributed by atoms with van der Waals surface area (Å²) in [5.41, 5.74) is -0.571. The van der Waals surface area contributed by atoms with Gasteiger partial charge in [-0.2, -0.15) is 0 Å². The zero-order chi connectivity index (χ0) is 8.82. The maximum absolute atomic E-state index is 13.4. The Morgan fingerprint density at radius 3 is 2.33 bits per heavy atom. The van der Waals surface area contributed by atoms with Crippen LogP contribution in [0.5, 0.6) is 0 Å². The van der Waals surface area contributed by atoms with Crippen molar-refractivity contribution in [1.29, 1.82) is 0 Å². The van der Waals surface area contributed by atoms with Crippen molar-refractivity contribution in [3.05, 3.63) is 0 Å². The lowest BCUT2D eigenvalue weighted by atomic mass is 9.89. The minimum Gasteiger partial charge on any atom is -0.298 e. The van der Waals surface area contributed by atoms with Gasteiger partial charge in [-0.25, -0.2) is 8.78 Å². The smallest absolute Gasteiger partial charge is 0.266 e. The molecule has 0 aromatic carbocycles. The number of rotatable bonds is 1.